The van der Waals surface area contributed by atoms with Gasteiger partial charge in [-0.05, 0) is 67.5 Å². The third kappa shape index (κ3) is 4.46. The van der Waals surface area contributed by atoms with Gasteiger partial charge >= 0.3 is 5.97 Å². The quantitative estimate of drug-likeness (QED) is 0.638. The average molecular weight is 415 g/mol. The molecule has 31 heavy (non-hydrogen) atoms. The lowest BCUT2D eigenvalue weighted by atomic mass is 9.87. The van der Waals surface area contributed by atoms with Gasteiger partial charge in [-0.2, -0.15) is 5.26 Å². The first-order valence-corrected chi connectivity index (χ1v) is 10.6. The number of amides is 1. The summed E-state index contributed by atoms with van der Waals surface area (Å²) >= 11 is 0. The van der Waals surface area contributed by atoms with Crippen molar-refractivity contribution in [3.05, 3.63) is 70.9 Å². The fourth-order valence-electron chi connectivity index (χ4n) is 4.28. The van der Waals surface area contributed by atoms with Crippen LogP contribution in [0.1, 0.15) is 64.6 Å². The summed E-state index contributed by atoms with van der Waals surface area (Å²) in [5, 5.41) is 22.5. The molecule has 158 valence electrons. The summed E-state index contributed by atoms with van der Waals surface area (Å²) in [7, 11) is 0. The Bertz CT molecular complexity index is 1160. The molecule has 0 spiro atoms. The van der Waals surface area contributed by atoms with E-state index >= 15 is 0 Å². The van der Waals surface area contributed by atoms with Crippen molar-refractivity contribution < 1.29 is 14.7 Å². The van der Waals surface area contributed by atoms with Crippen LogP contribution in [-0.2, 0) is 6.54 Å². The highest BCUT2D eigenvalue weighted by molar-refractivity contribution is 5.99. The molecule has 6 nitrogen and oxygen atoms in total. The van der Waals surface area contributed by atoms with Crippen molar-refractivity contribution in [2.24, 2.45) is 5.92 Å². The fourth-order valence-corrected chi connectivity index (χ4v) is 4.28. The van der Waals surface area contributed by atoms with E-state index < -0.39 is 5.97 Å². The number of fused-ring (bicyclic) bond motifs is 1. The number of aromatic carboxylic acids is 1. The summed E-state index contributed by atoms with van der Waals surface area (Å²) in [6.45, 7) is 2.65. The SMILES string of the molecule is CC1CCC(NC(=O)c2cc3ccc(C#N)cc3n2Cc2ccc(C(=O)O)cc2)CC1. The minimum atomic E-state index is -0.974. The van der Waals surface area contributed by atoms with Gasteiger partial charge < -0.3 is 15.0 Å². The molecule has 3 aromatic rings. The molecule has 1 aromatic heterocycles. The number of hydrogen-bond acceptors (Lipinski definition) is 3. The second-order valence-electron chi connectivity index (χ2n) is 8.43. The minimum Gasteiger partial charge on any atom is -0.478 e. The maximum absolute atomic E-state index is 13.2. The minimum absolute atomic E-state index is 0.114. The van der Waals surface area contributed by atoms with Crippen LogP contribution in [0.2, 0.25) is 0 Å². The van der Waals surface area contributed by atoms with Crippen LogP contribution in [0.15, 0.2) is 48.5 Å². The zero-order chi connectivity index (χ0) is 22.0. The highest BCUT2D eigenvalue weighted by Crippen LogP contribution is 2.26. The van der Waals surface area contributed by atoms with E-state index in [0.717, 1.165) is 42.1 Å². The summed E-state index contributed by atoms with van der Waals surface area (Å²) in [5.41, 5.74) is 2.99. The maximum Gasteiger partial charge on any atom is 0.335 e. The number of hydrogen-bond donors (Lipinski definition) is 2. The molecule has 0 radical (unpaired) electrons. The van der Waals surface area contributed by atoms with E-state index in [1.165, 1.54) is 0 Å². The number of nitrogens with one attached hydrogen (secondary N) is 1. The van der Waals surface area contributed by atoms with Crippen LogP contribution in [0.3, 0.4) is 0 Å². The molecular weight excluding hydrogens is 390 g/mol. The van der Waals surface area contributed by atoms with E-state index in [4.69, 9.17) is 5.11 Å². The normalized spacial score (nSPS) is 18.5. The molecule has 6 heteroatoms. The molecule has 0 bridgehead atoms. The largest absolute Gasteiger partial charge is 0.478 e. The Kier molecular flexibility index (Phi) is 5.77. The molecule has 2 N–H and O–H groups in total. The number of nitrogens with zero attached hydrogens (tertiary/aromatic N) is 2. The molecule has 1 amide bonds. The highest BCUT2D eigenvalue weighted by Gasteiger charge is 2.23. The highest BCUT2D eigenvalue weighted by atomic mass is 16.4. The first-order chi connectivity index (χ1) is 14.9. The second kappa shape index (κ2) is 8.65. The molecule has 1 aliphatic rings. The number of carboxylic acids is 1. The van der Waals surface area contributed by atoms with Crippen LogP contribution in [0.5, 0.6) is 0 Å². The molecule has 1 heterocycles. The van der Waals surface area contributed by atoms with Crippen molar-refractivity contribution in [2.45, 2.75) is 45.2 Å². The third-order valence-corrected chi connectivity index (χ3v) is 6.16. The fraction of sp³-hybridized carbons (Fsp3) is 0.320. The molecule has 0 atom stereocenters. The third-order valence-electron chi connectivity index (χ3n) is 6.16. The first-order valence-electron chi connectivity index (χ1n) is 10.6. The molecule has 2 aromatic carbocycles. The van der Waals surface area contributed by atoms with Crippen LogP contribution < -0.4 is 5.32 Å². The van der Waals surface area contributed by atoms with Crippen molar-refractivity contribution in [3.8, 4) is 6.07 Å². The Morgan fingerprint density at radius 2 is 1.81 bits per heavy atom. The maximum atomic E-state index is 13.2. The Hall–Kier alpha value is -3.59. The number of rotatable bonds is 5. The van der Waals surface area contributed by atoms with Crippen LogP contribution in [0.4, 0.5) is 0 Å². The zero-order valence-electron chi connectivity index (χ0n) is 17.5. The lowest BCUT2D eigenvalue weighted by Crippen LogP contribution is -2.38. The molecule has 0 aliphatic heterocycles. The van der Waals surface area contributed by atoms with Gasteiger partial charge in [0, 0.05) is 18.0 Å². The van der Waals surface area contributed by atoms with Crippen molar-refractivity contribution in [3.63, 3.8) is 0 Å². The van der Waals surface area contributed by atoms with Crippen LogP contribution >= 0.6 is 0 Å². The van der Waals surface area contributed by atoms with Gasteiger partial charge in [-0.1, -0.05) is 25.1 Å². The monoisotopic (exact) mass is 415 g/mol. The lowest BCUT2D eigenvalue weighted by Gasteiger charge is -2.27. The lowest BCUT2D eigenvalue weighted by molar-refractivity contribution is 0.0696. The predicted octanol–water partition coefficient (Wildman–Crippen LogP) is 4.57. The summed E-state index contributed by atoms with van der Waals surface area (Å²) < 4.78 is 1.91. The van der Waals surface area contributed by atoms with Gasteiger partial charge in [-0.25, -0.2) is 4.79 Å². The summed E-state index contributed by atoms with van der Waals surface area (Å²) in [6.07, 6.45) is 4.22. The number of nitriles is 1. The molecule has 4 rings (SSSR count). The van der Waals surface area contributed by atoms with Crippen molar-refractivity contribution >= 4 is 22.8 Å². The number of aromatic nitrogens is 1. The number of carbonyl (C=O) groups excluding carboxylic acids is 1. The standard InChI is InChI=1S/C25H25N3O3/c1-16-2-10-21(11-3-16)27-24(29)23-13-20-9-6-18(14-26)12-22(20)28(23)15-17-4-7-19(8-5-17)25(30)31/h4-9,12-13,16,21H,2-3,10-11,15H2,1H3,(H,27,29)(H,30,31). The Balaban J connectivity index is 1.68. The average Bonchev–Trinajstić information content (AvgIpc) is 3.13. The van der Waals surface area contributed by atoms with E-state index in [1.54, 1.807) is 36.4 Å². The molecule has 0 unspecified atom stereocenters. The van der Waals surface area contributed by atoms with E-state index in [0.29, 0.717) is 23.7 Å². The Morgan fingerprint density at radius 3 is 2.45 bits per heavy atom. The first kappa shape index (κ1) is 20.7. The Labute approximate surface area is 181 Å². The Morgan fingerprint density at radius 1 is 1.10 bits per heavy atom. The van der Waals surface area contributed by atoms with Crippen molar-refractivity contribution in [2.75, 3.05) is 0 Å². The number of benzene rings is 2. The van der Waals surface area contributed by atoms with Gasteiger partial charge in [0.05, 0.1) is 22.7 Å². The molecule has 1 fully saturated rings. The molecule has 0 saturated heterocycles. The van der Waals surface area contributed by atoms with Gasteiger partial charge in [0.25, 0.3) is 5.91 Å². The summed E-state index contributed by atoms with van der Waals surface area (Å²) in [5.74, 6) is -0.382. The molecule has 1 aliphatic carbocycles. The topological polar surface area (TPSA) is 95.1 Å². The van der Waals surface area contributed by atoms with Gasteiger partial charge in [0.2, 0.25) is 0 Å². The smallest absolute Gasteiger partial charge is 0.335 e. The van der Waals surface area contributed by atoms with Gasteiger partial charge in [0.1, 0.15) is 5.69 Å². The second-order valence-corrected chi connectivity index (χ2v) is 8.43. The molecule has 1 saturated carbocycles. The number of carboxylic acid groups (broad SMARTS) is 1. The van der Waals surface area contributed by atoms with Crippen LogP contribution in [0.25, 0.3) is 10.9 Å². The van der Waals surface area contributed by atoms with E-state index in [2.05, 4.69) is 18.3 Å². The van der Waals surface area contributed by atoms with Gasteiger partial charge in [-0.3, -0.25) is 4.79 Å². The zero-order valence-corrected chi connectivity index (χ0v) is 17.5. The van der Waals surface area contributed by atoms with Crippen LogP contribution in [-0.4, -0.2) is 27.6 Å². The number of carbonyl (C=O) groups is 2. The summed E-state index contributed by atoms with van der Waals surface area (Å²) in [6, 6.07) is 16.2. The van der Waals surface area contributed by atoms with Crippen molar-refractivity contribution in [1.29, 1.82) is 5.26 Å². The van der Waals surface area contributed by atoms with E-state index in [9.17, 15) is 14.9 Å². The van der Waals surface area contributed by atoms with E-state index in [1.807, 2.05) is 16.7 Å². The van der Waals surface area contributed by atoms with E-state index in [-0.39, 0.29) is 17.5 Å². The van der Waals surface area contributed by atoms with Gasteiger partial charge in [-0.15, -0.1) is 0 Å². The van der Waals surface area contributed by atoms with Crippen molar-refractivity contribution in [1.82, 2.24) is 9.88 Å². The summed E-state index contributed by atoms with van der Waals surface area (Å²) in [4.78, 5) is 24.3. The van der Waals surface area contributed by atoms with Crippen LogP contribution in [0, 0.1) is 17.2 Å². The molecular formula is C25H25N3O3. The van der Waals surface area contributed by atoms with Gasteiger partial charge in [0.15, 0.2) is 0 Å². The predicted molar refractivity (Wildman–Crippen MR) is 118 cm³/mol.